The van der Waals surface area contributed by atoms with Gasteiger partial charge in [-0.25, -0.2) is 4.39 Å². The number of hydrogen-bond acceptors (Lipinski definition) is 3. The molecule has 6 nitrogen and oxygen atoms in total. The highest BCUT2D eigenvalue weighted by molar-refractivity contribution is 6.31. The molecule has 4 rings (SSSR count). The van der Waals surface area contributed by atoms with Crippen molar-refractivity contribution in [2.75, 3.05) is 28.2 Å². The molecule has 3 amide bonds. The van der Waals surface area contributed by atoms with E-state index in [-0.39, 0.29) is 35.5 Å². The summed E-state index contributed by atoms with van der Waals surface area (Å²) in [6, 6.07) is 9.88. The Labute approximate surface area is 172 Å². The highest BCUT2D eigenvalue weighted by Crippen LogP contribution is 2.34. The number of fused-ring (bicyclic) bond motifs is 1. The highest BCUT2D eigenvalue weighted by atomic mass is 35.5. The molecule has 0 aliphatic carbocycles. The van der Waals surface area contributed by atoms with Gasteiger partial charge in [0.2, 0.25) is 17.7 Å². The van der Waals surface area contributed by atoms with Gasteiger partial charge >= 0.3 is 0 Å². The highest BCUT2D eigenvalue weighted by Gasteiger charge is 2.36. The third kappa shape index (κ3) is 3.58. The second-order valence-electron chi connectivity index (χ2n) is 7.23. The van der Waals surface area contributed by atoms with E-state index in [2.05, 4.69) is 5.32 Å². The van der Waals surface area contributed by atoms with E-state index in [1.54, 1.807) is 21.9 Å². The number of nitrogens with one attached hydrogen (secondary N) is 1. The fraction of sp³-hybridized carbons (Fsp3) is 0.286. The van der Waals surface area contributed by atoms with Gasteiger partial charge in [-0.3, -0.25) is 14.4 Å². The maximum Gasteiger partial charge on any atom is 0.229 e. The van der Waals surface area contributed by atoms with Gasteiger partial charge in [0, 0.05) is 37.8 Å². The van der Waals surface area contributed by atoms with Gasteiger partial charge in [-0.2, -0.15) is 0 Å². The molecule has 2 aliphatic heterocycles. The molecule has 29 heavy (non-hydrogen) atoms. The van der Waals surface area contributed by atoms with Crippen LogP contribution in [-0.2, 0) is 20.8 Å². The third-order valence-electron chi connectivity index (χ3n) is 5.36. The van der Waals surface area contributed by atoms with Gasteiger partial charge in [-0.15, -0.1) is 0 Å². The molecule has 0 spiro atoms. The lowest BCUT2D eigenvalue weighted by Gasteiger charge is -2.19. The number of amides is 3. The molecular weight excluding hydrogens is 397 g/mol. The van der Waals surface area contributed by atoms with Gasteiger partial charge in [0.1, 0.15) is 0 Å². The first-order valence-corrected chi connectivity index (χ1v) is 9.69. The number of anilines is 3. The molecule has 2 aromatic carbocycles. The van der Waals surface area contributed by atoms with Crippen molar-refractivity contribution in [3.05, 3.63) is 52.8 Å². The molecule has 150 valence electrons. The number of rotatable bonds is 3. The average Bonchev–Trinajstić information content (AvgIpc) is 3.28. The van der Waals surface area contributed by atoms with Crippen molar-refractivity contribution >= 4 is 46.4 Å². The Morgan fingerprint density at radius 3 is 2.79 bits per heavy atom. The van der Waals surface area contributed by atoms with Crippen LogP contribution >= 0.6 is 11.6 Å². The molecule has 1 N–H and O–H groups in total. The molecular formula is C21H19ClFN3O3. The molecule has 0 bridgehead atoms. The van der Waals surface area contributed by atoms with E-state index in [9.17, 15) is 18.8 Å². The second-order valence-corrected chi connectivity index (χ2v) is 7.64. The van der Waals surface area contributed by atoms with Crippen molar-refractivity contribution < 1.29 is 18.8 Å². The molecule has 0 saturated carbocycles. The fourth-order valence-corrected chi connectivity index (χ4v) is 4.03. The lowest BCUT2D eigenvalue weighted by Crippen LogP contribution is -2.28. The van der Waals surface area contributed by atoms with Gasteiger partial charge in [-0.1, -0.05) is 17.7 Å². The molecule has 2 aromatic rings. The van der Waals surface area contributed by atoms with Crippen LogP contribution in [0.15, 0.2) is 36.4 Å². The first-order valence-electron chi connectivity index (χ1n) is 9.31. The largest absolute Gasteiger partial charge is 0.323 e. The zero-order valence-corrected chi connectivity index (χ0v) is 16.5. The Balaban J connectivity index is 1.49. The summed E-state index contributed by atoms with van der Waals surface area (Å²) in [6.45, 7) is 2.36. The Hall–Kier alpha value is -2.93. The van der Waals surface area contributed by atoms with Crippen LogP contribution in [0.2, 0.25) is 5.02 Å². The summed E-state index contributed by atoms with van der Waals surface area (Å²) in [5, 5.41) is 2.45. The molecule has 0 aromatic heterocycles. The Morgan fingerprint density at radius 1 is 1.24 bits per heavy atom. The summed E-state index contributed by atoms with van der Waals surface area (Å²) in [6.07, 6.45) is 0.771. The Bertz CT molecular complexity index is 1030. The first-order chi connectivity index (χ1) is 13.8. The molecule has 2 heterocycles. The lowest BCUT2D eigenvalue weighted by molar-refractivity contribution is -0.122. The SMILES string of the molecule is CC(=O)N1CCc2cc(N3C[C@@H](C(=O)Nc4cccc(Cl)c4F)CC3=O)ccc21. The summed E-state index contributed by atoms with van der Waals surface area (Å²) < 4.78 is 14.0. The summed E-state index contributed by atoms with van der Waals surface area (Å²) >= 11 is 5.75. The number of carbonyl (C=O) groups excluding carboxylic acids is 3. The minimum atomic E-state index is -0.697. The number of benzene rings is 2. The van der Waals surface area contributed by atoms with Gasteiger partial charge in [-0.05, 0) is 42.3 Å². The van der Waals surface area contributed by atoms with Gasteiger partial charge in [0.15, 0.2) is 5.82 Å². The number of carbonyl (C=O) groups is 3. The predicted molar refractivity (Wildman–Crippen MR) is 109 cm³/mol. The molecule has 1 fully saturated rings. The van der Waals surface area contributed by atoms with E-state index in [1.165, 1.54) is 19.1 Å². The van der Waals surface area contributed by atoms with Gasteiger partial charge in [0.25, 0.3) is 0 Å². The van der Waals surface area contributed by atoms with E-state index >= 15 is 0 Å². The van der Waals surface area contributed by atoms with E-state index in [1.807, 2.05) is 12.1 Å². The van der Waals surface area contributed by atoms with E-state index < -0.39 is 17.6 Å². The topological polar surface area (TPSA) is 69.7 Å². The molecule has 1 atom stereocenters. The maximum absolute atomic E-state index is 14.0. The summed E-state index contributed by atoms with van der Waals surface area (Å²) in [5.74, 6) is -1.90. The minimum Gasteiger partial charge on any atom is -0.323 e. The van der Waals surface area contributed by atoms with Crippen molar-refractivity contribution in [1.29, 1.82) is 0 Å². The van der Waals surface area contributed by atoms with Crippen LogP contribution in [0.5, 0.6) is 0 Å². The van der Waals surface area contributed by atoms with Crippen molar-refractivity contribution in [3.63, 3.8) is 0 Å². The summed E-state index contributed by atoms with van der Waals surface area (Å²) in [4.78, 5) is 40.1. The molecule has 8 heteroatoms. The predicted octanol–water partition coefficient (Wildman–Crippen LogP) is 3.38. The smallest absolute Gasteiger partial charge is 0.229 e. The fourth-order valence-electron chi connectivity index (χ4n) is 3.85. The van der Waals surface area contributed by atoms with Crippen LogP contribution in [0.3, 0.4) is 0 Å². The quantitative estimate of drug-likeness (QED) is 0.835. The number of halogens is 2. The van der Waals surface area contributed by atoms with Crippen LogP contribution in [-0.4, -0.2) is 30.8 Å². The van der Waals surface area contributed by atoms with Crippen LogP contribution in [0.25, 0.3) is 0 Å². The molecule has 1 saturated heterocycles. The first kappa shape index (κ1) is 19.4. The van der Waals surface area contributed by atoms with Crippen molar-refractivity contribution in [2.45, 2.75) is 19.8 Å². The van der Waals surface area contributed by atoms with E-state index in [4.69, 9.17) is 11.6 Å². The van der Waals surface area contributed by atoms with Crippen molar-refractivity contribution in [1.82, 2.24) is 0 Å². The average molecular weight is 416 g/mol. The van der Waals surface area contributed by atoms with Crippen LogP contribution < -0.4 is 15.1 Å². The minimum absolute atomic E-state index is 0.00439. The zero-order chi connectivity index (χ0) is 20.7. The summed E-state index contributed by atoms with van der Waals surface area (Å²) in [7, 11) is 0. The van der Waals surface area contributed by atoms with Gasteiger partial charge < -0.3 is 15.1 Å². The summed E-state index contributed by atoms with van der Waals surface area (Å²) in [5.41, 5.74) is 2.55. The third-order valence-corrected chi connectivity index (χ3v) is 5.65. The lowest BCUT2D eigenvalue weighted by atomic mass is 10.1. The number of nitrogens with zero attached hydrogens (tertiary/aromatic N) is 2. The maximum atomic E-state index is 14.0. The molecule has 0 radical (unpaired) electrons. The zero-order valence-electron chi connectivity index (χ0n) is 15.7. The standard InChI is InChI=1S/C21H19ClFN3O3/c1-12(27)25-8-7-13-9-15(5-6-18(13)25)26-11-14(10-19(26)28)21(29)24-17-4-2-3-16(22)20(17)23/h2-6,9,14H,7-8,10-11H2,1H3,(H,24,29)/t14-/m0/s1. The van der Waals surface area contributed by atoms with Crippen LogP contribution in [0, 0.1) is 11.7 Å². The monoisotopic (exact) mass is 415 g/mol. The molecule has 0 unspecified atom stereocenters. The van der Waals surface area contributed by atoms with Crippen LogP contribution in [0.4, 0.5) is 21.5 Å². The van der Waals surface area contributed by atoms with Crippen molar-refractivity contribution in [2.24, 2.45) is 5.92 Å². The van der Waals surface area contributed by atoms with Gasteiger partial charge in [0.05, 0.1) is 16.6 Å². The Kier molecular flexibility index (Phi) is 5.00. The number of hydrogen-bond donors (Lipinski definition) is 1. The van der Waals surface area contributed by atoms with E-state index in [0.717, 1.165) is 17.7 Å². The van der Waals surface area contributed by atoms with Crippen molar-refractivity contribution in [3.8, 4) is 0 Å². The molecule has 2 aliphatic rings. The Morgan fingerprint density at radius 2 is 2.03 bits per heavy atom. The second kappa shape index (κ2) is 7.48. The van der Waals surface area contributed by atoms with Crippen LogP contribution in [0.1, 0.15) is 18.9 Å². The normalized spacial score (nSPS) is 18.2. The van der Waals surface area contributed by atoms with E-state index in [0.29, 0.717) is 12.2 Å².